The van der Waals surface area contributed by atoms with Crippen molar-refractivity contribution < 1.29 is 4.79 Å². The molecule has 5 heteroatoms. The van der Waals surface area contributed by atoms with Crippen molar-refractivity contribution in [1.29, 1.82) is 0 Å². The minimum Gasteiger partial charge on any atom is -0.399 e. The van der Waals surface area contributed by atoms with E-state index in [1.165, 1.54) is 6.92 Å². The summed E-state index contributed by atoms with van der Waals surface area (Å²) in [6.07, 6.45) is 0. The normalized spacial score (nSPS) is 10.4. The van der Waals surface area contributed by atoms with Crippen molar-refractivity contribution in [2.45, 2.75) is 6.92 Å². The van der Waals surface area contributed by atoms with Crippen molar-refractivity contribution in [3.63, 3.8) is 0 Å². The number of fused-ring (bicyclic) bond motifs is 1. The topological polar surface area (TPSA) is 83.8 Å². The van der Waals surface area contributed by atoms with Crippen LogP contribution in [0.1, 0.15) is 6.92 Å². The number of nitrogens with one attached hydrogen (secondary N) is 2. The zero-order valence-electron chi connectivity index (χ0n) is 7.66. The van der Waals surface area contributed by atoms with Crippen molar-refractivity contribution in [1.82, 2.24) is 10.2 Å². The molecule has 0 spiro atoms. The fourth-order valence-electron chi connectivity index (χ4n) is 1.30. The Morgan fingerprint density at radius 2 is 2.36 bits per heavy atom. The number of carbonyl (C=O) groups is 1. The molecule has 1 aromatic carbocycles. The highest BCUT2D eigenvalue weighted by molar-refractivity contribution is 5.99. The predicted molar refractivity (Wildman–Crippen MR) is 54.8 cm³/mol. The van der Waals surface area contributed by atoms with Crippen LogP contribution in [0.5, 0.6) is 0 Å². The van der Waals surface area contributed by atoms with Crippen LogP contribution in [0.3, 0.4) is 0 Å². The van der Waals surface area contributed by atoms with Gasteiger partial charge in [0.05, 0.1) is 5.52 Å². The maximum Gasteiger partial charge on any atom is 0.222 e. The number of nitrogens with two attached hydrogens (primary N) is 1. The van der Waals surface area contributed by atoms with E-state index in [1.54, 1.807) is 12.1 Å². The Kier molecular flexibility index (Phi) is 1.85. The second kappa shape index (κ2) is 3.02. The van der Waals surface area contributed by atoms with Gasteiger partial charge in [-0.05, 0) is 18.2 Å². The van der Waals surface area contributed by atoms with E-state index in [9.17, 15) is 4.79 Å². The Balaban J connectivity index is 2.52. The largest absolute Gasteiger partial charge is 0.399 e. The number of nitrogen functional groups attached to an aromatic ring is 1. The van der Waals surface area contributed by atoms with E-state index in [0.29, 0.717) is 11.5 Å². The van der Waals surface area contributed by atoms with Gasteiger partial charge in [0.25, 0.3) is 0 Å². The number of rotatable bonds is 1. The third kappa shape index (κ3) is 1.39. The molecule has 0 fully saturated rings. The molecule has 1 amide bonds. The van der Waals surface area contributed by atoms with Crippen LogP contribution in [-0.4, -0.2) is 16.1 Å². The summed E-state index contributed by atoms with van der Waals surface area (Å²) in [5.74, 6) is 0.391. The summed E-state index contributed by atoms with van der Waals surface area (Å²) < 4.78 is 0. The lowest BCUT2D eigenvalue weighted by atomic mass is 10.2. The zero-order chi connectivity index (χ0) is 10.1. The summed E-state index contributed by atoms with van der Waals surface area (Å²) in [6, 6.07) is 5.36. The average Bonchev–Trinajstić information content (AvgIpc) is 2.47. The fourth-order valence-corrected chi connectivity index (χ4v) is 1.30. The van der Waals surface area contributed by atoms with Crippen LogP contribution in [0.15, 0.2) is 18.2 Å². The van der Waals surface area contributed by atoms with E-state index in [-0.39, 0.29) is 5.91 Å². The SMILES string of the molecule is CC(=O)Nc1n[nH]c2cc(N)ccc12. The zero-order valence-corrected chi connectivity index (χ0v) is 7.66. The van der Waals surface area contributed by atoms with Gasteiger partial charge in [-0.25, -0.2) is 0 Å². The highest BCUT2D eigenvalue weighted by atomic mass is 16.1. The first-order valence-electron chi connectivity index (χ1n) is 4.18. The Bertz CT molecular complexity index is 489. The van der Waals surface area contributed by atoms with Gasteiger partial charge in [0, 0.05) is 18.0 Å². The predicted octanol–water partition coefficient (Wildman–Crippen LogP) is 1.10. The van der Waals surface area contributed by atoms with Gasteiger partial charge in [-0.1, -0.05) is 0 Å². The Hall–Kier alpha value is -2.04. The first-order chi connectivity index (χ1) is 6.66. The average molecular weight is 190 g/mol. The summed E-state index contributed by atoms with van der Waals surface area (Å²) in [5.41, 5.74) is 7.08. The maximum atomic E-state index is 10.8. The monoisotopic (exact) mass is 190 g/mol. The lowest BCUT2D eigenvalue weighted by molar-refractivity contribution is -0.114. The lowest BCUT2D eigenvalue weighted by Gasteiger charge is -1.96. The highest BCUT2D eigenvalue weighted by Crippen LogP contribution is 2.21. The van der Waals surface area contributed by atoms with Crippen molar-refractivity contribution >= 4 is 28.3 Å². The smallest absolute Gasteiger partial charge is 0.222 e. The van der Waals surface area contributed by atoms with Crippen molar-refractivity contribution in [2.24, 2.45) is 0 Å². The molecule has 0 aliphatic carbocycles. The summed E-state index contributed by atoms with van der Waals surface area (Å²) in [6.45, 7) is 1.44. The standard InChI is InChI=1S/C9H10N4O/c1-5(14)11-9-7-3-2-6(10)4-8(7)12-13-9/h2-4H,10H2,1H3,(H2,11,12,13,14). The lowest BCUT2D eigenvalue weighted by Crippen LogP contribution is -2.06. The van der Waals surface area contributed by atoms with E-state index in [1.807, 2.05) is 6.07 Å². The molecule has 0 saturated carbocycles. The Morgan fingerprint density at radius 3 is 3.07 bits per heavy atom. The Labute approximate surface area is 80.3 Å². The number of hydrogen-bond acceptors (Lipinski definition) is 3. The molecule has 5 nitrogen and oxygen atoms in total. The number of benzene rings is 1. The van der Waals surface area contributed by atoms with E-state index in [0.717, 1.165) is 10.9 Å². The van der Waals surface area contributed by atoms with Gasteiger partial charge in [-0.2, -0.15) is 5.10 Å². The number of aromatic nitrogens is 2. The molecule has 0 radical (unpaired) electrons. The van der Waals surface area contributed by atoms with Crippen LogP contribution in [-0.2, 0) is 4.79 Å². The van der Waals surface area contributed by atoms with E-state index < -0.39 is 0 Å². The van der Waals surface area contributed by atoms with Gasteiger partial charge < -0.3 is 11.1 Å². The second-order valence-corrected chi connectivity index (χ2v) is 3.06. The van der Waals surface area contributed by atoms with Crippen molar-refractivity contribution in [2.75, 3.05) is 11.1 Å². The number of hydrogen-bond donors (Lipinski definition) is 3. The maximum absolute atomic E-state index is 10.8. The first kappa shape index (κ1) is 8.55. The minimum atomic E-state index is -0.143. The van der Waals surface area contributed by atoms with Crippen molar-refractivity contribution in [3.8, 4) is 0 Å². The number of anilines is 2. The number of amides is 1. The van der Waals surface area contributed by atoms with E-state index >= 15 is 0 Å². The van der Waals surface area contributed by atoms with Crippen LogP contribution in [0.2, 0.25) is 0 Å². The third-order valence-corrected chi connectivity index (χ3v) is 1.88. The summed E-state index contributed by atoms with van der Waals surface area (Å²) in [5, 5.41) is 10.2. The molecule has 0 aliphatic rings. The molecule has 4 N–H and O–H groups in total. The quantitative estimate of drug-likeness (QED) is 0.589. The molecule has 0 unspecified atom stereocenters. The first-order valence-corrected chi connectivity index (χ1v) is 4.18. The molecule has 1 heterocycles. The molecular formula is C9H10N4O. The fraction of sp³-hybridized carbons (Fsp3) is 0.111. The molecule has 2 aromatic rings. The molecule has 0 saturated heterocycles. The van der Waals surface area contributed by atoms with Gasteiger partial charge >= 0.3 is 0 Å². The van der Waals surface area contributed by atoms with E-state index in [4.69, 9.17) is 5.73 Å². The van der Waals surface area contributed by atoms with Gasteiger partial charge in [0.1, 0.15) is 0 Å². The second-order valence-electron chi connectivity index (χ2n) is 3.06. The molecule has 0 bridgehead atoms. The van der Waals surface area contributed by atoms with Crippen molar-refractivity contribution in [3.05, 3.63) is 18.2 Å². The summed E-state index contributed by atoms with van der Waals surface area (Å²) >= 11 is 0. The van der Waals surface area contributed by atoms with E-state index in [2.05, 4.69) is 15.5 Å². The molecular weight excluding hydrogens is 180 g/mol. The number of carbonyl (C=O) groups excluding carboxylic acids is 1. The summed E-state index contributed by atoms with van der Waals surface area (Å²) in [7, 11) is 0. The molecule has 0 aliphatic heterocycles. The molecule has 2 rings (SSSR count). The minimum absolute atomic E-state index is 0.143. The van der Waals surface area contributed by atoms with Crippen LogP contribution in [0.4, 0.5) is 11.5 Å². The van der Waals surface area contributed by atoms with Crippen LogP contribution in [0.25, 0.3) is 10.9 Å². The number of H-pyrrole nitrogens is 1. The molecule has 0 atom stereocenters. The third-order valence-electron chi connectivity index (χ3n) is 1.88. The highest BCUT2D eigenvalue weighted by Gasteiger charge is 2.05. The summed E-state index contributed by atoms with van der Waals surface area (Å²) in [4.78, 5) is 10.8. The number of aromatic amines is 1. The van der Waals surface area contributed by atoms with Gasteiger partial charge in [-0.15, -0.1) is 0 Å². The Morgan fingerprint density at radius 1 is 1.57 bits per heavy atom. The van der Waals surface area contributed by atoms with Gasteiger partial charge in [0.2, 0.25) is 5.91 Å². The van der Waals surface area contributed by atoms with Gasteiger partial charge in [0.15, 0.2) is 5.82 Å². The molecule has 14 heavy (non-hydrogen) atoms. The number of nitrogens with zero attached hydrogens (tertiary/aromatic N) is 1. The molecule has 72 valence electrons. The van der Waals surface area contributed by atoms with Crippen LogP contribution >= 0.6 is 0 Å². The van der Waals surface area contributed by atoms with Crippen LogP contribution in [0, 0.1) is 0 Å². The van der Waals surface area contributed by atoms with Gasteiger partial charge in [-0.3, -0.25) is 9.89 Å². The molecule has 1 aromatic heterocycles. The van der Waals surface area contributed by atoms with Crippen LogP contribution < -0.4 is 11.1 Å².